The van der Waals surface area contributed by atoms with Crippen LogP contribution in [-0.4, -0.2) is 36.9 Å². The molecule has 116 valence electrons. The molecule has 0 saturated heterocycles. The lowest BCUT2D eigenvalue weighted by molar-refractivity contribution is 0.102. The molecule has 0 spiro atoms. The van der Waals surface area contributed by atoms with E-state index in [1.54, 1.807) is 7.11 Å². The monoisotopic (exact) mass is 292 g/mol. The van der Waals surface area contributed by atoms with Gasteiger partial charge in [0.05, 0.1) is 12.2 Å². The highest BCUT2D eigenvalue weighted by molar-refractivity contribution is 5.74. The van der Waals surface area contributed by atoms with E-state index in [1.807, 2.05) is 30.3 Å². The molecule has 0 heterocycles. The molecule has 5 heteroatoms. The lowest BCUT2D eigenvalue weighted by atomic mass is 9.93. The Kier molecular flexibility index (Phi) is 6.02. The van der Waals surface area contributed by atoms with Gasteiger partial charge in [0.15, 0.2) is 0 Å². The van der Waals surface area contributed by atoms with Gasteiger partial charge in [-0.05, 0) is 31.2 Å². The second-order valence-electron chi connectivity index (χ2n) is 5.49. The van der Waals surface area contributed by atoms with Crippen LogP contribution in [0.25, 0.3) is 0 Å². The zero-order valence-electron chi connectivity index (χ0n) is 12.4. The smallest absolute Gasteiger partial charge is 0.315 e. The molecule has 1 aromatic carbocycles. The van der Waals surface area contributed by atoms with Gasteiger partial charge in [-0.2, -0.15) is 0 Å². The van der Waals surface area contributed by atoms with Crippen LogP contribution in [0.1, 0.15) is 37.4 Å². The van der Waals surface area contributed by atoms with Crippen molar-refractivity contribution in [1.82, 2.24) is 10.6 Å². The van der Waals surface area contributed by atoms with E-state index in [2.05, 4.69) is 10.6 Å². The average Bonchev–Trinajstić information content (AvgIpc) is 2.51. The fourth-order valence-electron chi connectivity index (χ4n) is 2.65. The maximum absolute atomic E-state index is 11.9. The van der Waals surface area contributed by atoms with Gasteiger partial charge in [-0.1, -0.05) is 30.3 Å². The first-order valence-corrected chi connectivity index (χ1v) is 7.49. The highest BCUT2D eigenvalue weighted by Gasteiger charge is 2.21. The largest absolute Gasteiger partial charge is 0.393 e. The number of rotatable bonds is 5. The van der Waals surface area contributed by atoms with Gasteiger partial charge in [0.25, 0.3) is 0 Å². The number of methoxy groups -OCH3 is 1. The molecule has 2 rings (SSSR count). The van der Waals surface area contributed by atoms with Gasteiger partial charge in [-0.3, -0.25) is 0 Å². The Hall–Kier alpha value is -1.59. The molecule has 1 fully saturated rings. The van der Waals surface area contributed by atoms with E-state index in [9.17, 15) is 9.90 Å². The summed E-state index contributed by atoms with van der Waals surface area (Å²) in [6.45, 7) is 0.432. The maximum Gasteiger partial charge on any atom is 0.315 e. The van der Waals surface area contributed by atoms with Crippen LogP contribution >= 0.6 is 0 Å². The first-order valence-electron chi connectivity index (χ1n) is 7.49. The molecule has 5 nitrogen and oxygen atoms in total. The Labute approximate surface area is 125 Å². The number of hydrogen-bond acceptors (Lipinski definition) is 3. The number of aliphatic hydroxyl groups is 1. The zero-order valence-corrected chi connectivity index (χ0v) is 12.4. The van der Waals surface area contributed by atoms with Crippen molar-refractivity contribution in [1.29, 1.82) is 0 Å². The molecule has 1 atom stereocenters. The number of aliphatic hydroxyl groups excluding tert-OH is 1. The van der Waals surface area contributed by atoms with E-state index in [4.69, 9.17) is 4.74 Å². The molecule has 1 aromatic rings. The minimum atomic E-state index is -0.206. The van der Waals surface area contributed by atoms with Crippen LogP contribution in [0.15, 0.2) is 30.3 Å². The number of amides is 2. The summed E-state index contributed by atoms with van der Waals surface area (Å²) in [7, 11) is 1.64. The van der Waals surface area contributed by atoms with E-state index in [-0.39, 0.29) is 24.3 Å². The molecule has 1 unspecified atom stereocenters. The second kappa shape index (κ2) is 8.00. The first kappa shape index (κ1) is 15.8. The maximum atomic E-state index is 11.9. The SMILES string of the molecule is COC(CNC(=O)NC1CCC(O)CC1)c1ccccc1. The van der Waals surface area contributed by atoms with Gasteiger partial charge in [-0.15, -0.1) is 0 Å². The van der Waals surface area contributed by atoms with Crippen molar-refractivity contribution in [2.75, 3.05) is 13.7 Å². The third-order valence-corrected chi connectivity index (χ3v) is 3.94. The van der Waals surface area contributed by atoms with Crippen molar-refractivity contribution in [3.63, 3.8) is 0 Å². The molecular weight excluding hydrogens is 268 g/mol. The topological polar surface area (TPSA) is 70.6 Å². The van der Waals surface area contributed by atoms with Crippen LogP contribution in [0.3, 0.4) is 0 Å². The van der Waals surface area contributed by atoms with E-state index in [1.165, 1.54) is 0 Å². The number of benzene rings is 1. The third kappa shape index (κ3) is 5.02. The number of urea groups is 1. The minimum Gasteiger partial charge on any atom is -0.393 e. The Bertz CT molecular complexity index is 430. The quantitative estimate of drug-likeness (QED) is 0.777. The fraction of sp³-hybridized carbons (Fsp3) is 0.562. The summed E-state index contributed by atoms with van der Waals surface area (Å²) in [6.07, 6.45) is 2.83. The van der Waals surface area contributed by atoms with Gasteiger partial charge < -0.3 is 20.5 Å². The average molecular weight is 292 g/mol. The summed E-state index contributed by atoms with van der Waals surface area (Å²) < 4.78 is 5.42. The summed E-state index contributed by atoms with van der Waals surface area (Å²) in [4.78, 5) is 11.9. The molecular formula is C16H24N2O3. The zero-order chi connectivity index (χ0) is 15.1. The highest BCUT2D eigenvalue weighted by atomic mass is 16.5. The second-order valence-corrected chi connectivity index (χ2v) is 5.49. The van der Waals surface area contributed by atoms with Gasteiger partial charge in [-0.25, -0.2) is 4.79 Å². The summed E-state index contributed by atoms with van der Waals surface area (Å²) in [5.41, 5.74) is 1.04. The van der Waals surface area contributed by atoms with Crippen molar-refractivity contribution in [3.8, 4) is 0 Å². The van der Waals surface area contributed by atoms with E-state index >= 15 is 0 Å². The highest BCUT2D eigenvalue weighted by Crippen LogP contribution is 2.18. The molecule has 0 aromatic heterocycles. The van der Waals surface area contributed by atoms with Crippen molar-refractivity contribution < 1.29 is 14.6 Å². The van der Waals surface area contributed by atoms with Gasteiger partial charge in [0.1, 0.15) is 0 Å². The number of hydrogen-bond donors (Lipinski definition) is 3. The third-order valence-electron chi connectivity index (χ3n) is 3.94. The van der Waals surface area contributed by atoms with Crippen LogP contribution in [0.2, 0.25) is 0 Å². The van der Waals surface area contributed by atoms with E-state index < -0.39 is 0 Å². The fourth-order valence-corrected chi connectivity index (χ4v) is 2.65. The molecule has 21 heavy (non-hydrogen) atoms. The minimum absolute atomic E-state index is 0.148. The predicted molar refractivity (Wildman–Crippen MR) is 81.0 cm³/mol. The Balaban J connectivity index is 1.75. The molecule has 0 aliphatic heterocycles. The summed E-state index contributed by atoms with van der Waals surface area (Å²) in [5.74, 6) is 0. The van der Waals surface area contributed by atoms with Crippen LogP contribution in [0.4, 0.5) is 4.79 Å². The number of carbonyl (C=O) groups excluding carboxylic acids is 1. The number of carbonyl (C=O) groups is 1. The van der Waals surface area contributed by atoms with Gasteiger partial charge in [0, 0.05) is 19.7 Å². The molecule has 1 aliphatic carbocycles. The standard InChI is InChI=1S/C16H24N2O3/c1-21-15(12-5-3-2-4-6-12)11-17-16(20)18-13-7-9-14(19)10-8-13/h2-6,13-15,19H,7-11H2,1H3,(H2,17,18,20). The van der Waals surface area contributed by atoms with Crippen LogP contribution in [-0.2, 0) is 4.74 Å². The Morgan fingerprint density at radius 3 is 2.57 bits per heavy atom. The summed E-state index contributed by atoms with van der Waals surface area (Å²) in [5, 5.41) is 15.3. The van der Waals surface area contributed by atoms with Crippen LogP contribution in [0.5, 0.6) is 0 Å². The first-order chi connectivity index (χ1) is 10.2. The van der Waals surface area contributed by atoms with E-state index in [0.29, 0.717) is 6.54 Å². The van der Waals surface area contributed by atoms with Gasteiger partial charge >= 0.3 is 6.03 Å². The normalized spacial score (nSPS) is 23.3. The molecule has 0 bridgehead atoms. The Morgan fingerprint density at radius 1 is 1.29 bits per heavy atom. The van der Waals surface area contributed by atoms with Crippen molar-refractivity contribution in [2.45, 2.75) is 43.9 Å². The van der Waals surface area contributed by atoms with E-state index in [0.717, 1.165) is 31.2 Å². The molecule has 3 N–H and O–H groups in total. The van der Waals surface area contributed by atoms with Crippen molar-refractivity contribution in [3.05, 3.63) is 35.9 Å². The molecule has 0 radical (unpaired) electrons. The number of ether oxygens (including phenoxy) is 1. The number of nitrogens with one attached hydrogen (secondary N) is 2. The van der Waals surface area contributed by atoms with Gasteiger partial charge in [0.2, 0.25) is 0 Å². The predicted octanol–water partition coefficient (Wildman–Crippen LogP) is 1.98. The van der Waals surface area contributed by atoms with Crippen molar-refractivity contribution in [2.24, 2.45) is 0 Å². The molecule has 2 amide bonds. The van der Waals surface area contributed by atoms with Crippen LogP contribution in [0, 0.1) is 0 Å². The Morgan fingerprint density at radius 2 is 1.95 bits per heavy atom. The molecule has 1 aliphatic rings. The van der Waals surface area contributed by atoms with Crippen molar-refractivity contribution >= 4 is 6.03 Å². The lowest BCUT2D eigenvalue weighted by Crippen LogP contribution is -2.45. The lowest BCUT2D eigenvalue weighted by Gasteiger charge is -2.26. The molecule has 1 saturated carbocycles. The summed E-state index contributed by atoms with van der Waals surface area (Å²) >= 11 is 0. The van der Waals surface area contributed by atoms with Crippen LogP contribution < -0.4 is 10.6 Å². The summed E-state index contributed by atoms with van der Waals surface area (Å²) in [6, 6.07) is 9.81.